The topological polar surface area (TPSA) is 15.3 Å². The van der Waals surface area contributed by atoms with Gasteiger partial charge in [-0.1, -0.05) is 17.7 Å². The lowest BCUT2D eigenvalue weighted by atomic mass is 10.1. The van der Waals surface area contributed by atoms with Crippen LogP contribution >= 0.6 is 39.9 Å². The predicted octanol–water partition coefficient (Wildman–Crippen LogP) is 3.44. The molecule has 0 unspecified atom stereocenters. The van der Waals surface area contributed by atoms with Crippen LogP contribution in [0.5, 0.6) is 0 Å². The molecule has 18 heavy (non-hydrogen) atoms. The normalized spacial score (nSPS) is 18.2. The highest BCUT2D eigenvalue weighted by Gasteiger charge is 2.22. The summed E-state index contributed by atoms with van der Waals surface area (Å²) < 4.78 is 14.1. The summed E-state index contributed by atoms with van der Waals surface area (Å²) in [5.41, 5.74) is 0.977. The molecule has 1 aromatic carbocycles. The summed E-state index contributed by atoms with van der Waals surface area (Å²) in [5, 5.41) is 3.93. The Morgan fingerprint density at radius 3 is 2.61 bits per heavy atom. The fourth-order valence-corrected chi connectivity index (χ4v) is 2.62. The van der Waals surface area contributed by atoms with Gasteiger partial charge in [0.05, 0.1) is 11.1 Å². The Kier molecular flexibility index (Phi) is 6.88. The lowest BCUT2D eigenvalue weighted by Crippen LogP contribution is -2.45. The van der Waals surface area contributed by atoms with Crippen molar-refractivity contribution >= 4 is 39.9 Å². The minimum Gasteiger partial charge on any atom is -0.314 e. The van der Waals surface area contributed by atoms with E-state index in [1.54, 1.807) is 0 Å². The van der Waals surface area contributed by atoms with Gasteiger partial charge in [0.15, 0.2) is 0 Å². The van der Waals surface area contributed by atoms with Crippen molar-refractivity contribution in [1.29, 1.82) is 0 Å². The van der Waals surface area contributed by atoms with Crippen LogP contribution in [0, 0.1) is 0 Å². The molecule has 6 heteroatoms. The highest BCUT2D eigenvalue weighted by atomic mass is 79.9. The molecule has 0 aromatic heterocycles. The molecule has 0 spiro atoms. The zero-order valence-corrected chi connectivity index (χ0v) is 13.0. The van der Waals surface area contributed by atoms with Crippen molar-refractivity contribution in [3.63, 3.8) is 0 Å². The number of benzene rings is 1. The zero-order chi connectivity index (χ0) is 12.3. The smallest absolute Gasteiger partial charge is 0.109 e. The van der Waals surface area contributed by atoms with Crippen LogP contribution in [0.3, 0.4) is 0 Å². The standard InChI is InChI=1S/C12H15BrClFN2.ClH/c13-10-7-9(1-2-11(10)14)12(8-15)17-5-3-16-4-6-17;/h1-2,7,12,16H,3-6,8H2;1H/t12-;/m0./s1. The molecule has 1 fully saturated rings. The number of alkyl halides is 1. The molecule has 1 aliphatic heterocycles. The monoisotopic (exact) mass is 356 g/mol. The van der Waals surface area contributed by atoms with Crippen molar-refractivity contribution < 1.29 is 4.39 Å². The van der Waals surface area contributed by atoms with Gasteiger partial charge in [-0.2, -0.15) is 0 Å². The lowest BCUT2D eigenvalue weighted by Gasteiger charge is -2.33. The molecule has 1 heterocycles. The number of piperazine rings is 1. The van der Waals surface area contributed by atoms with Gasteiger partial charge in [-0.05, 0) is 33.6 Å². The van der Waals surface area contributed by atoms with E-state index in [4.69, 9.17) is 11.6 Å². The Labute approximate surface area is 126 Å². The van der Waals surface area contributed by atoms with Crippen molar-refractivity contribution in [1.82, 2.24) is 10.2 Å². The molecule has 1 aromatic rings. The third-order valence-electron chi connectivity index (χ3n) is 3.07. The van der Waals surface area contributed by atoms with Crippen LogP contribution in [0.1, 0.15) is 11.6 Å². The van der Waals surface area contributed by atoms with Crippen molar-refractivity contribution in [2.75, 3.05) is 32.9 Å². The first kappa shape index (κ1) is 16.2. The molecular weight excluding hydrogens is 342 g/mol. The second kappa shape index (κ2) is 7.65. The first-order valence-electron chi connectivity index (χ1n) is 5.68. The van der Waals surface area contributed by atoms with Crippen LogP contribution in [-0.4, -0.2) is 37.8 Å². The number of nitrogens with zero attached hydrogens (tertiary/aromatic N) is 1. The summed E-state index contributed by atoms with van der Waals surface area (Å²) in [5.74, 6) is 0. The Bertz CT molecular complexity index is 386. The molecular formula is C12H16BrCl2FN2. The van der Waals surface area contributed by atoms with Crippen LogP contribution in [0.2, 0.25) is 5.02 Å². The number of nitrogens with one attached hydrogen (secondary N) is 1. The molecule has 1 N–H and O–H groups in total. The highest BCUT2D eigenvalue weighted by Crippen LogP contribution is 2.29. The fraction of sp³-hybridized carbons (Fsp3) is 0.500. The van der Waals surface area contributed by atoms with Crippen LogP contribution < -0.4 is 5.32 Å². The van der Waals surface area contributed by atoms with Crippen LogP contribution in [-0.2, 0) is 0 Å². The van der Waals surface area contributed by atoms with Gasteiger partial charge in [0, 0.05) is 30.7 Å². The summed E-state index contributed by atoms with van der Waals surface area (Å²) in [7, 11) is 0. The maximum absolute atomic E-state index is 13.2. The second-order valence-electron chi connectivity index (χ2n) is 4.13. The molecule has 2 nitrogen and oxygen atoms in total. The van der Waals surface area contributed by atoms with Gasteiger partial charge >= 0.3 is 0 Å². The van der Waals surface area contributed by atoms with E-state index < -0.39 is 0 Å². The maximum Gasteiger partial charge on any atom is 0.109 e. The summed E-state index contributed by atoms with van der Waals surface area (Å²) >= 11 is 9.33. The molecule has 1 saturated heterocycles. The van der Waals surface area contributed by atoms with Crippen molar-refractivity contribution in [2.24, 2.45) is 0 Å². The Balaban J connectivity index is 0.00000162. The fourth-order valence-electron chi connectivity index (χ4n) is 2.11. The number of halogens is 4. The van der Waals surface area contributed by atoms with E-state index in [-0.39, 0.29) is 25.1 Å². The van der Waals surface area contributed by atoms with E-state index in [0.717, 1.165) is 36.2 Å². The van der Waals surface area contributed by atoms with E-state index in [1.165, 1.54) is 0 Å². The largest absolute Gasteiger partial charge is 0.314 e. The average molecular weight is 358 g/mol. The summed E-state index contributed by atoms with van der Waals surface area (Å²) in [6, 6.07) is 5.46. The van der Waals surface area contributed by atoms with Crippen molar-refractivity contribution in [3.8, 4) is 0 Å². The third-order valence-corrected chi connectivity index (χ3v) is 4.28. The van der Waals surface area contributed by atoms with Gasteiger partial charge in [-0.15, -0.1) is 12.4 Å². The highest BCUT2D eigenvalue weighted by molar-refractivity contribution is 9.10. The van der Waals surface area contributed by atoms with E-state index in [0.29, 0.717) is 5.02 Å². The van der Waals surface area contributed by atoms with Gasteiger partial charge in [0.1, 0.15) is 6.67 Å². The third kappa shape index (κ3) is 3.81. The number of rotatable bonds is 3. The molecule has 1 aliphatic rings. The van der Waals surface area contributed by atoms with Crippen LogP contribution in [0.4, 0.5) is 4.39 Å². The van der Waals surface area contributed by atoms with E-state index in [2.05, 4.69) is 26.1 Å². The second-order valence-corrected chi connectivity index (χ2v) is 5.39. The van der Waals surface area contributed by atoms with Crippen LogP contribution in [0.15, 0.2) is 22.7 Å². The molecule has 0 aliphatic carbocycles. The predicted molar refractivity (Wildman–Crippen MR) is 79.6 cm³/mol. The quantitative estimate of drug-likeness (QED) is 0.891. The maximum atomic E-state index is 13.2. The number of hydrogen-bond donors (Lipinski definition) is 1. The summed E-state index contributed by atoms with van der Waals surface area (Å²) in [6.07, 6.45) is 0. The minimum atomic E-state index is -0.367. The van der Waals surface area contributed by atoms with Gasteiger partial charge in [0.25, 0.3) is 0 Å². The average Bonchev–Trinajstić information content (AvgIpc) is 2.36. The molecule has 0 bridgehead atoms. The zero-order valence-electron chi connectivity index (χ0n) is 9.83. The summed E-state index contributed by atoms with van der Waals surface area (Å²) in [4.78, 5) is 2.17. The minimum absolute atomic E-state index is 0. The molecule has 0 amide bonds. The Morgan fingerprint density at radius 1 is 1.39 bits per heavy atom. The van der Waals surface area contributed by atoms with E-state index in [9.17, 15) is 4.39 Å². The van der Waals surface area contributed by atoms with E-state index >= 15 is 0 Å². The van der Waals surface area contributed by atoms with Crippen molar-refractivity contribution in [2.45, 2.75) is 6.04 Å². The molecule has 102 valence electrons. The first-order valence-corrected chi connectivity index (χ1v) is 6.85. The van der Waals surface area contributed by atoms with Gasteiger partial charge < -0.3 is 5.32 Å². The van der Waals surface area contributed by atoms with Gasteiger partial charge in [-0.3, -0.25) is 4.90 Å². The lowest BCUT2D eigenvalue weighted by molar-refractivity contribution is 0.147. The molecule has 2 rings (SSSR count). The van der Waals surface area contributed by atoms with E-state index in [1.807, 2.05) is 18.2 Å². The SMILES string of the molecule is Cl.FC[C@@H](c1ccc(Cl)c(Br)c1)N1CCNCC1. The number of hydrogen-bond acceptors (Lipinski definition) is 2. The molecule has 0 radical (unpaired) electrons. The Hall–Kier alpha value is 0.130. The molecule has 1 atom stereocenters. The van der Waals surface area contributed by atoms with Gasteiger partial charge in [-0.25, -0.2) is 4.39 Å². The van der Waals surface area contributed by atoms with Gasteiger partial charge in [0.2, 0.25) is 0 Å². The molecule has 0 saturated carbocycles. The van der Waals surface area contributed by atoms with Crippen LogP contribution in [0.25, 0.3) is 0 Å². The van der Waals surface area contributed by atoms with Crippen molar-refractivity contribution in [3.05, 3.63) is 33.3 Å². The first-order chi connectivity index (χ1) is 8.22. The Morgan fingerprint density at radius 2 is 2.06 bits per heavy atom. The summed E-state index contributed by atoms with van der Waals surface area (Å²) in [6.45, 7) is 3.24.